The maximum absolute atomic E-state index is 6.09. The van der Waals surface area contributed by atoms with Crippen molar-refractivity contribution >= 4 is 49.1 Å². The highest BCUT2D eigenvalue weighted by Crippen LogP contribution is 2.37. The number of ether oxygens (including phenoxy) is 2. The number of methoxy groups -OCH3 is 1. The number of nitrogens with one attached hydrogen (secondary N) is 1. The van der Waals surface area contributed by atoms with Gasteiger partial charge in [0, 0.05) is 16.7 Å². The van der Waals surface area contributed by atoms with Crippen LogP contribution in [-0.2, 0) is 6.54 Å². The van der Waals surface area contributed by atoms with E-state index in [2.05, 4.69) is 37.2 Å². The molecule has 0 aromatic heterocycles. The Labute approximate surface area is 152 Å². The van der Waals surface area contributed by atoms with Gasteiger partial charge in [-0.1, -0.05) is 11.6 Å². The van der Waals surface area contributed by atoms with Crippen molar-refractivity contribution in [3.05, 3.63) is 49.9 Å². The van der Waals surface area contributed by atoms with Crippen molar-refractivity contribution in [2.75, 3.05) is 19.0 Å². The molecule has 0 saturated heterocycles. The van der Waals surface area contributed by atoms with E-state index in [4.69, 9.17) is 21.1 Å². The summed E-state index contributed by atoms with van der Waals surface area (Å²) in [5.41, 5.74) is 2.03. The minimum atomic E-state index is 0.587. The van der Waals surface area contributed by atoms with Gasteiger partial charge in [-0.15, -0.1) is 0 Å². The van der Waals surface area contributed by atoms with Crippen LogP contribution in [0.5, 0.6) is 11.5 Å². The van der Waals surface area contributed by atoms with Gasteiger partial charge in [0.25, 0.3) is 0 Å². The van der Waals surface area contributed by atoms with Crippen molar-refractivity contribution in [3.8, 4) is 11.5 Å². The molecule has 0 unspecified atom stereocenters. The highest BCUT2D eigenvalue weighted by Gasteiger charge is 2.11. The Hall–Kier alpha value is -0.910. The molecule has 2 rings (SSSR count). The van der Waals surface area contributed by atoms with Gasteiger partial charge in [0.05, 0.1) is 23.2 Å². The van der Waals surface area contributed by atoms with Gasteiger partial charge in [0.2, 0.25) is 0 Å². The molecule has 1 N–H and O–H groups in total. The van der Waals surface area contributed by atoms with Gasteiger partial charge in [0.15, 0.2) is 11.5 Å². The Balaban J connectivity index is 2.15. The second kappa shape index (κ2) is 8.09. The second-order valence-corrected chi connectivity index (χ2v) is 6.64. The van der Waals surface area contributed by atoms with Crippen molar-refractivity contribution in [1.82, 2.24) is 0 Å². The molecule has 0 aliphatic rings. The molecule has 0 bridgehead atoms. The number of hydrogen-bond donors (Lipinski definition) is 1. The predicted molar refractivity (Wildman–Crippen MR) is 98.3 cm³/mol. The zero-order valence-electron chi connectivity index (χ0n) is 12.3. The van der Waals surface area contributed by atoms with Crippen LogP contribution in [0.1, 0.15) is 12.5 Å². The quantitative estimate of drug-likeness (QED) is 0.597. The Morgan fingerprint density at radius 2 is 1.91 bits per heavy atom. The highest BCUT2D eigenvalue weighted by atomic mass is 79.9. The lowest BCUT2D eigenvalue weighted by atomic mass is 10.2. The molecule has 0 heterocycles. The summed E-state index contributed by atoms with van der Waals surface area (Å²) in [6.07, 6.45) is 0. The summed E-state index contributed by atoms with van der Waals surface area (Å²) in [4.78, 5) is 0. The smallest absolute Gasteiger partial charge is 0.175 e. The summed E-state index contributed by atoms with van der Waals surface area (Å²) in [6, 6.07) is 9.74. The average molecular weight is 450 g/mol. The maximum atomic E-state index is 6.09. The van der Waals surface area contributed by atoms with E-state index in [1.807, 2.05) is 37.3 Å². The molecule has 118 valence electrons. The van der Waals surface area contributed by atoms with Crippen LogP contribution >= 0.6 is 43.5 Å². The molecule has 0 spiro atoms. The number of halogens is 3. The zero-order valence-corrected chi connectivity index (χ0v) is 16.2. The monoisotopic (exact) mass is 447 g/mol. The zero-order chi connectivity index (χ0) is 16.1. The van der Waals surface area contributed by atoms with E-state index < -0.39 is 0 Å². The first-order valence-electron chi connectivity index (χ1n) is 6.73. The molecule has 0 saturated carbocycles. The third-order valence-corrected chi connectivity index (χ3v) is 4.82. The normalized spacial score (nSPS) is 10.4. The van der Waals surface area contributed by atoms with Crippen LogP contribution in [0.3, 0.4) is 0 Å². The van der Waals surface area contributed by atoms with Crippen molar-refractivity contribution in [3.63, 3.8) is 0 Å². The van der Waals surface area contributed by atoms with Crippen LogP contribution in [0, 0.1) is 0 Å². The largest absolute Gasteiger partial charge is 0.493 e. The molecule has 0 amide bonds. The van der Waals surface area contributed by atoms with Gasteiger partial charge in [-0.05, 0) is 74.7 Å². The third-order valence-electron chi connectivity index (χ3n) is 2.99. The fourth-order valence-electron chi connectivity index (χ4n) is 1.97. The van der Waals surface area contributed by atoms with Gasteiger partial charge in [-0.25, -0.2) is 0 Å². The first-order chi connectivity index (χ1) is 10.5. The topological polar surface area (TPSA) is 30.5 Å². The lowest BCUT2D eigenvalue weighted by Gasteiger charge is -2.14. The summed E-state index contributed by atoms with van der Waals surface area (Å²) in [7, 11) is 1.63. The van der Waals surface area contributed by atoms with Crippen LogP contribution < -0.4 is 14.8 Å². The molecule has 0 radical (unpaired) electrons. The van der Waals surface area contributed by atoms with Crippen LogP contribution in [0.25, 0.3) is 0 Å². The van der Waals surface area contributed by atoms with Crippen molar-refractivity contribution in [2.24, 2.45) is 0 Å². The predicted octanol–water partition coefficient (Wildman–Crippen LogP) is 5.88. The summed E-state index contributed by atoms with van der Waals surface area (Å²) in [5, 5.41) is 4.01. The first kappa shape index (κ1) is 17.4. The number of hydrogen-bond acceptors (Lipinski definition) is 3. The Morgan fingerprint density at radius 1 is 1.14 bits per heavy atom. The lowest BCUT2D eigenvalue weighted by molar-refractivity contribution is 0.308. The second-order valence-electron chi connectivity index (χ2n) is 4.52. The van der Waals surface area contributed by atoms with Crippen LogP contribution in [0.4, 0.5) is 5.69 Å². The number of rotatable bonds is 6. The van der Waals surface area contributed by atoms with E-state index in [1.165, 1.54) is 0 Å². The molecular weight excluding hydrogens is 433 g/mol. The van der Waals surface area contributed by atoms with Crippen LogP contribution in [0.2, 0.25) is 5.02 Å². The van der Waals surface area contributed by atoms with Gasteiger partial charge in [0.1, 0.15) is 0 Å². The SMILES string of the molecule is CCOc1c(Br)cc(CNc2ccc(Br)c(Cl)c2)cc1OC. The Kier molecular flexibility index (Phi) is 6.41. The molecular formula is C16H16Br2ClNO2. The average Bonchev–Trinajstić information content (AvgIpc) is 2.50. The van der Waals surface area contributed by atoms with Crippen LogP contribution in [-0.4, -0.2) is 13.7 Å². The molecule has 0 atom stereocenters. The van der Waals surface area contributed by atoms with Gasteiger partial charge >= 0.3 is 0 Å². The molecule has 0 fully saturated rings. The van der Waals surface area contributed by atoms with Crippen LogP contribution in [0.15, 0.2) is 39.3 Å². The number of benzene rings is 2. The highest BCUT2D eigenvalue weighted by molar-refractivity contribution is 9.10. The van der Waals surface area contributed by atoms with E-state index >= 15 is 0 Å². The minimum Gasteiger partial charge on any atom is -0.493 e. The molecule has 3 nitrogen and oxygen atoms in total. The molecule has 22 heavy (non-hydrogen) atoms. The molecule has 2 aromatic rings. The van der Waals surface area contributed by atoms with Gasteiger partial charge in [-0.2, -0.15) is 0 Å². The Bertz CT molecular complexity index is 665. The van der Waals surface area contributed by atoms with Gasteiger partial charge in [-0.3, -0.25) is 0 Å². The summed E-state index contributed by atoms with van der Waals surface area (Å²) in [5.74, 6) is 1.43. The van der Waals surface area contributed by atoms with E-state index in [0.29, 0.717) is 23.9 Å². The summed E-state index contributed by atoms with van der Waals surface area (Å²) < 4.78 is 12.7. The molecule has 0 aliphatic carbocycles. The van der Waals surface area contributed by atoms with E-state index in [0.717, 1.165) is 25.9 Å². The standard InChI is InChI=1S/C16H16Br2ClNO2/c1-3-22-16-13(18)6-10(7-15(16)21-2)9-20-11-4-5-12(17)14(19)8-11/h4-8,20H,3,9H2,1-2H3. The number of anilines is 1. The van der Waals surface area contributed by atoms with E-state index in [9.17, 15) is 0 Å². The summed E-state index contributed by atoms with van der Waals surface area (Å²) in [6.45, 7) is 3.18. The first-order valence-corrected chi connectivity index (χ1v) is 8.69. The van der Waals surface area contributed by atoms with Crippen molar-refractivity contribution in [1.29, 1.82) is 0 Å². The maximum Gasteiger partial charge on any atom is 0.175 e. The Morgan fingerprint density at radius 3 is 2.55 bits per heavy atom. The van der Waals surface area contributed by atoms with Crippen molar-refractivity contribution in [2.45, 2.75) is 13.5 Å². The van der Waals surface area contributed by atoms with E-state index in [-0.39, 0.29) is 0 Å². The van der Waals surface area contributed by atoms with Crippen molar-refractivity contribution < 1.29 is 9.47 Å². The summed E-state index contributed by atoms with van der Waals surface area (Å²) >= 11 is 13.0. The fraction of sp³-hybridized carbons (Fsp3) is 0.250. The third kappa shape index (κ3) is 4.31. The van der Waals surface area contributed by atoms with E-state index in [1.54, 1.807) is 7.11 Å². The fourth-order valence-corrected chi connectivity index (χ4v) is 3.00. The molecule has 2 aromatic carbocycles. The molecule has 0 aliphatic heterocycles. The minimum absolute atomic E-state index is 0.587. The van der Waals surface area contributed by atoms with Gasteiger partial charge < -0.3 is 14.8 Å². The lowest BCUT2D eigenvalue weighted by Crippen LogP contribution is -2.02. The molecule has 6 heteroatoms.